The molecule has 138 valence electrons. The maximum atomic E-state index is 12.2. The lowest BCUT2D eigenvalue weighted by Gasteiger charge is -2.09. The average molecular weight is 360 g/mol. The summed E-state index contributed by atoms with van der Waals surface area (Å²) in [5.74, 6) is 0.671. The van der Waals surface area contributed by atoms with Gasteiger partial charge in [0.25, 0.3) is 0 Å². The molecule has 2 heterocycles. The summed E-state index contributed by atoms with van der Waals surface area (Å²) in [7, 11) is 0. The maximum absolute atomic E-state index is 12.2. The van der Waals surface area contributed by atoms with Crippen molar-refractivity contribution in [1.29, 1.82) is 0 Å². The molecule has 0 radical (unpaired) electrons. The first-order valence-electron chi connectivity index (χ1n) is 8.38. The van der Waals surface area contributed by atoms with Crippen LogP contribution in [0.25, 0.3) is 22.4 Å². The third kappa shape index (κ3) is 4.44. The van der Waals surface area contributed by atoms with Crippen LogP contribution in [-0.2, 0) is 9.47 Å². The van der Waals surface area contributed by atoms with Gasteiger partial charge in [-0.05, 0) is 30.7 Å². The molecule has 0 atom stereocenters. The van der Waals surface area contributed by atoms with Gasteiger partial charge in [0.1, 0.15) is 12.2 Å². The fourth-order valence-electron chi connectivity index (χ4n) is 2.38. The van der Waals surface area contributed by atoms with Crippen LogP contribution in [0.5, 0.6) is 5.75 Å². The second kappa shape index (κ2) is 9.07. The molecule has 0 unspecified atom stereocenters. The number of nitrogens with zero attached hydrogens (tertiary/aromatic N) is 3. The highest BCUT2D eigenvalue weighted by atomic mass is 16.5. The molecule has 0 spiro atoms. The van der Waals surface area contributed by atoms with Crippen molar-refractivity contribution in [2.24, 2.45) is 0 Å². The lowest BCUT2D eigenvalue weighted by molar-refractivity contribution is 0.0716. The minimum absolute atomic E-state index is 0.187. The number of hydrogen-bond donors (Lipinski definition) is 1. The minimum atomic E-state index is -0.554. The van der Waals surface area contributed by atoms with Gasteiger partial charge in [0.15, 0.2) is 11.3 Å². The largest absolute Gasteiger partial charge is 0.487 e. The van der Waals surface area contributed by atoms with E-state index in [0.29, 0.717) is 49.8 Å². The van der Waals surface area contributed by atoms with Gasteiger partial charge in [-0.2, -0.15) is 5.21 Å². The summed E-state index contributed by atoms with van der Waals surface area (Å²) >= 11 is 0. The molecule has 0 amide bonds. The molecule has 0 aliphatic carbocycles. The molecule has 9 heteroatoms. The molecule has 0 saturated carbocycles. The molecule has 1 N–H and O–H groups in total. The predicted octanol–water partition coefficient (Wildman–Crippen LogP) is 1.80. The minimum Gasteiger partial charge on any atom is -0.487 e. The summed E-state index contributed by atoms with van der Waals surface area (Å²) in [6, 6.07) is 7.04. The van der Waals surface area contributed by atoms with E-state index in [9.17, 15) is 4.79 Å². The van der Waals surface area contributed by atoms with Crippen molar-refractivity contribution in [3.05, 3.63) is 34.7 Å². The topological polar surface area (TPSA) is 112 Å². The number of H-pyrrole nitrogens is 1. The third-order valence-electron chi connectivity index (χ3n) is 3.58. The molecule has 26 heavy (non-hydrogen) atoms. The Morgan fingerprint density at radius 2 is 2.04 bits per heavy atom. The molecule has 0 fully saturated rings. The molecule has 0 bridgehead atoms. The van der Waals surface area contributed by atoms with Gasteiger partial charge in [0, 0.05) is 25.2 Å². The van der Waals surface area contributed by atoms with Gasteiger partial charge in [-0.15, -0.1) is 10.2 Å². The molecule has 0 aliphatic heterocycles. The van der Waals surface area contributed by atoms with Gasteiger partial charge in [-0.3, -0.25) is 0 Å². The van der Waals surface area contributed by atoms with E-state index in [4.69, 9.17) is 18.6 Å². The standard InChI is InChI=1S/C17H20N4O5/c1-2-23-7-4-8-24-9-10-25-14-6-3-5-12-11-13(16-18-20-21-19-16)17(22)26-15(12)14/h3,5-6,11H,2,4,7-10H2,1H3,(H,18,19,20,21). The zero-order chi connectivity index (χ0) is 18.2. The predicted molar refractivity (Wildman–Crippen MR) is 93.1 cm³/mol. The third-order valence-corrected chi connectivity index (χ3v) is 3.58. The second-order valence-electron chi connectivity index (χ2n) is 5.37. The molecule has 3 rings (SSSR count). The van der Waals surface area contributed by atoms with Crippen LogP contribution in [0.2, 0.25) is 0 Å². The van der Waals surface area contributed by atoms with E-state index >= 15 is 0 Å². The van der Waals surface area contributed by atoms with Crippen LogP contribution in [0.15, 0.2) is 33.5 Å². The lowest BCUT2D eigenvalue weighted by Crippen LogP contribution is -2.10. The van der Waals surface area contributed by atoms with Crippen LogP contribution in [-0.4, -0.2) is 53.7 Å². The highest BCUT2D eigenvalue weighted by molar-refractivity contribution is 5.85. The van der Waals surface area contributed by atoms with E-state index in [1.807, 2.05) is 19.1 Å². The van der Waals surface area contributed by atoms with Gasteiger partial charge in [-0.25, -0.2) is 4.79 Å². The monoisotopic (exact) mass is 360 g/mol. The fraction of sp³-hybridized carbons (Fsp3) is 0.412. The number of fused-ring (bicyclic) bond motifs is 1. The lowest BCUT2D eigenvalue weighted by atomic mass is 10.1. The first-order valence-corrected chi connectivity index (χ1v) is 8.38. The maximum Gasteiger partial charge on any atom is 0.347 e. The quantitative estimate of drug-likeness (QED) is 0.430. The Hall–Kier alpha value is -2.78. The van der Waals surface area contributed by atoms with Crippen molar-refractivity contribution in [2.75, 3.05) is 33.0 Å². The number of nitrogens with one attached hydrogen (secondary N) is 1. The number of aromatic amines is 1. The average Bonchev–Trinajstić information content (AvgIpc) is 3.18. The molecule has 0 aliphatic rings. The van der Waals surface area contributed by atoms with E-state index < -0.39 is 5.63 Å². The summed E-state index contributed by atoms with van der Waals surface area (Å²) < 4.78 is 21.8. The SMILES string of the molecule is CCOCCCOCCOc1cccc2cc(-c3nn[nH]n3)c(=O)oc12. The van der Waals surface area contributed by atoms with E-state index in [0.717, 1.165) is 6.42 Å². The van der Waals surface area contributed by atoms with E-state index in [2.05, 4.69) is 20.6 Å². The molecule has 0 saturated heterocycles. The van der Waals surface area contributed by atoms with E-state index in [1.54, 1.807) is 12.1 Å². The smallest absolute Gasteiger partial charge is 0.347 e. The van der Waals surface area contributed by atoms with Gasteiger partial charge in [0.05, 0.1) is 6.61 Å². The summed E-state index contributed by atoms with van der Waals surface area (Å²) in [6.45, 7) is 4.76. The fourth-order valence-corrected chi connectivity index (χ4v) is 2.38. The van der Waals surface area contributed by atoms with Crippen molar-refractivity contribution in [2.45, 2.75) is 13.3 Å². The van der Waals surface area contributed by atoms with Crippen LogP contribution >= 0.6 is 0 Å². The molecular weight excluding hydrogens is 340 g/mol. The highest BCUT2D eigenvalue weighted by Crippen LogP contribution is 2.26. The van der Waals surface area contributed by atoms with Crippen LogP contribution in [0.4, 0.5) is 0 Å². The summed E-state index contributed by atoms with van der Waals surface area (Å²) in [6.07, 6.45) is 0.843. The van der Waals surface area contributed by atoms with Crippen LogP contribution in [0.1, 0.15) is 13.3 Å². The Labute approximate surface area is 149 Å². The molecule has 3 aromatic rings. The number of benzene rings is 1. The van der Waals surface area contributed by atoms with Crippen molar-refractivity contribution in [3.63, 3.8) is 0 Å². The van der Waals surface area contributed by atoms with E-state index in [-0.39, 0.29) is 11.4 Å². The van der Waals surface area contributed by atoms with Gasteiger partial charge >= 0.3 is 5.63 Å². The first-order chi connectivity index (χ1) is 12.8. The van der Waals surface area contributed by atoms with Crippen LogP contribution in [0.3, 0.4) is 0 Å². The zero-order valence-electron chi connectivity index (χ0n) is 14.4. The molecule has 1 aromatic carbocycles. The van der Waals surface area contributed by atoms with Crippen LogP contribution < -0.4 is 10.4 Å². The molecular formula is C17H20N4O5. The number of hydrogen-bond acceptors (Lipinski definition) is 8. The number of ether oxygens (including phenoxy) is 3. The number of tetrazole rings is 1. The highest BCUT2D eigenvalue weighted by Gasteiger charge is 2.14. The normalized spacial score (nSPS) is 11.1. The van der Waals surface area contributed by atoms with Crippen molar-refractivity contribution in [1.82, 2.24) is 20.6 Å². The van der Waals surface area contributed by atoms with Gasteiger partial charge < -0.3 is 18.6 Å². The summed E-state index contributed by atoms with van der Waals surface area (Å²) in [4.78, 5) is 12.2. The van der Waals surface area contributed by atoms with Crippen molar-refractivity contribution < 1.29 is 18.6 Å². The van der Waals surface area contributed by atoms with E-state index in [1.165, 1.54) is 0 Å². The Bertz CT molecular complexity index is 878. The molecule has 9 nitrogen and oxygen atoms in total. The second-order valence-corrected chi connectivity index (χ2v) is 5.37. The van der Waals surface area contributed by atoms with Gasteiger partial charge in [-0.1, -0.05) is 12.1 Å². The van der Waals surface area contributed by atoms with Crippen molar-refractivity contribution >= 4 is 11.0 Å². The number of rotatable bonds is 10. The molecule has 2 aromatic heterocycles. The number of aromatic nitrogens is 4. The number of para-hydroxylation sites is 1. The first kappa shape index (κ1) is 18.0. The zero-order valence-corrected chi connectivity index (χ0v) is 14.4. The van der Waals surface area contributed by atoms with Crippen molar-refractivity contribution in [3.8, 4) is 17.1 Å². The van der Waals surface area contributed by atoms with Gasteiger partial charge in [0.2, 0.25) is 5.82 Å². The summed E-state index contributed by atoms with van der Waals surface area (Å²) in [5, 5.41) is 14.1. The summed E-state index contributed by atoms with van der Waals surface area (Å²) in [5.41, 5.74) is 0.0595. The Balaban J connectivity index is 1.63. The Morgan fingerprint density at radius 3 is 2.85 bits per heavy atom. The Kier molecular flexibility index (Phi) is 6.29. The van der Waals surface area contributed by atoms with Crippen LogP contribution in [0, 0.1) is 0 Å². The Morgan fingerprint density at radius 1 is 1.15 bits per heavy atom.